The lowest BCUT2D eigenvalue weighted by molar-refractivity contribution is 0.230. The van der Waals surface area contributed by atoms with Crippen LogP contribution in [0.5, 0.6) is 0 Å². The van der Waals surface area contributed by atoms with Crippen molar-refractivity contribution in [2.24, 2.45) is 31.4 Å². The molecular formula is C23H20N6O. The van der Waals surface area contributed by atoms with Crippen molar-refractivity contribution in [1.29, 1.82) is 0 Å². The molecule has 0 saturated heterocycles. The third-order valence-corrected chi connectivity index (χ3v) is 4.85. The Bertz CT molecular complexity index is 1220. The Morgan fingerprint density at radius 3 is 2.03 bits per heavy atom. The second-order valence-electron chi connectivity index (χ2n) is 7.13. The normalized spacial score (nSPS) is 21.4. The molecule has 0 unspecified atom stereocenters. The summed E-state index contributed by atoms with van der Waals surface area (Å²) in [5.74, 6) is 0.521. The van der Waals surface area contributed by atoms with Crippen LogP contribution in [0.2, 0.25) is 0 Å². The minimum atomic E-state index is 0.404. The number of nitrogens with two attached hydrogens (primary N) is 2. The Hall–Kier alpha value is -4.00. The maximum Gasteiger partial charge on any atom is 0.170 e. The van der Waals surface area contributed by atoms with E-state index < -0.39 is 0 Å². The molecule has 0 amide bonds. The maximum atomic E-state index is 6.41. The monoisotopic (exact) mass is 396 g/mol. The zero-order valence-corrected chi connectivity index (χ0v) is 16.5. The Morgan fingerprint density at radius 1 is 0.700 bits per heavy atom. The second kappa shape index (κ2) is 7.11. The van der Waals surface area contributed by atoms with Gasteiger partial charge in [0.2, 0.25) is 0 Å². The lowest BCUT2D eigenvalue weighted by Crippen LogP contribution is -2.14. The van der Waals surface area contributed by atoms with Gasteiger partial charge in [0.15, 0.2) is 5.76 Å². The van der Waals surface area contributed by atoms with E-state index in [0.717, 1.165) is 34.9 Å². The molecule has 0 atom stereocenters. The molecule has 8 bridgehead atoms. The summed E-state index contributed by atoms with van der Waals surface area (Å²) in [5, 5.41) is 0. The number of nitrogens with zero attached hydrogens (tertiary/aromatic N) is 4. The van der Waals surface area contributed by atoms with Crippen LogP contribution in [-0.4, -0.2) is 29.5 Å². The van der Waals surface area contributed by atoms with E-state index in [2.05, 4.69) is 20.0 Å². The van der Waals surface area contributed by atoms with Gasteiger partial charge in [-0.2, -0.15) is 0 Å². The molecule has 0 aromatic carbocycles. The topological polar surface area (TPSA) is 111 Å². The number of ether oxygens (including phenoxy) is 1. The fourth-order valence-corrected chi connectivity index (χ4v) is 3.42. The van der Waals surface area contributed by atoms with Crippen LogP contribution in [-0.2, 0) is 4.74 Å². The molecule has 5 aliphatic rings. The van der Waals surface area contributed by atoms with Crippen molar-refractivity contribution in [3.05, 3.63) is 94.6 Å². The Morgan fingerprint density at radius 2 is 1.33 bits per heavy atom. The Kier molecular flexibility index (Phi) is 4.28. The minimum Gasteiger partial charge on any atom is -0.489 e. The Balaban J connectivity index is 1.68. The molecule has 5 rings (SSSR count). The summed E-state index contributed by atoms with van der Waals surface area (Å²) in [6.45, 7) is 2.57. The first kappa shape index (κ1) is 18.1. The van der Waals surface area contributed by atoms with Gasteiger partial charge in [0.05, 0.1) is 46.5 Å². The van der Waals surface area contributed by atoms with Crippen molar-refractivity contribution in [3.8, 4) is 0 Å². The van der Waals surface area contributed by atoms with Gasteiger partial charge in [-0.25, -0.2) is 20.0 Å². The standard InChI is InChI=1S/C23H20N6O/c1-2-9-30-23-19-12-17-6-5-14(27-17)10-13-3-4-15(26-13)11-16-7-8-18(28-16)20(24)22(29-19)21(23)25/h3-8,10-12H,2,9,24-25H2,1H3. The average Bonchev–Trinajstić information content (AvgIpc) is 3.50. The van der Waals surface area contributed by atoms with Crippen LogP contribution < -0.4 is 11.5 Å². The van der Waals surface area contributed by atoms with Crippen molar-refractivity contribution in [3.63, 3.8) is 0 Å². The summed E-state index contributed by atoms with van der Waals surface area (Å²) < 4.78 is 5.91. The van der Waals surface area contributed by atoms with Crippen LogP contribution >= 0.6 is 0 Å². The van der Waals surface area contributed by atoms with E-state index in [-0.39, 0.29) is 0 Å². The van der Waals surface area contributed by atoms with Crippen LogP contribution in [0.4, 0.5) is 0 Å². The molecule has 5 heterocycles. The number of rotatable bonds is 3. The quantitative estimate of drug-likeness (QED) is 0.765. The highest BCUT2D eigenvalue weighted by Gasteiger charge is 2.26. The molecule has 4 N–H and O–H groups in total. The first-order valence-corrected chi connectivity index (χ1v) is 9.78. The first-order valence-electron chi connectivity index (χ1n) is 9.78. The molecule has 0 spiro atoms. The van der Waals surface area contributed by atoms with E-state index in [0.29, 0.717) is 40.9 Å². The van der Waals surface area contributed by atoms with Gasteiger partial charge in [-0.3, -0.25) is 0 Å². The van der Waals surface area contributed by atoms with E-state index in [1.165, 1.54) is 0 Å². The van der Waals surface area contributed by atoms with Crippen LogP contribution in [0, 0.1) is 0 Å². The second-order valence-corrected chi connectivity index (χ2v) is 7.13. The maximum absolute atomic E-state index is 6.41. The minimum absolute atomic E-state index is 0.404. The average molecular weight is 396 g/mol. The van der Waals surface area contributed by atoms with Gasteiger partial charge in [0.1, 0.15) is 17.1 Å². The SMILES string of the molecule is CCCOC1=C(N)C2=C(N)C3=NC(=CC4=NC(=CC5=NC(=CC1=N2)C=C5)C=C4)C=C3. The highest BCUT2D eigenvalue weighted by molar-refractivity contribution is 6.17. The zero-order valence-electron chi connectivity index (χ0n) is 16.5. The van der Waals surface area contributed by atoms with Crippen molar-refractivity contribution >= 4 is 22.8 Å². The molecule has 5 aliphatic heterocycles. The molecule has 7 nitrogen and oxygen atoms in total. The highest BCUT2D eigenvalue weighted by Crippen LogP contribution is 2.28. The smallest absolute Gasteiger partial charge is 0.170 e. The number of aliphatic imine (C=N–C) groups is 4. The van der Waals surface area contributed by atoms with Crippen LogP contribution in [0.3, 0.4) is 0 Å². The van der Waals surface area contributed by atoms with Crippen molar-refractivity contribution in [2.45, 2.75) is 13.3 Å². The van der Waals surface area contributed by atoms with Gasteiger partial charge in [-0.1, -0.05) is 6.92 Å². The van der Waals surface area contributed by atoms with E-state index in [9.17, 15) is 0 Å². The van der Waals surface area contributed by atoms with Crippen LogP contribution in [0.15, 0.2) is 115 Å². The van der Waals surface area contributed by atoms with Crippen LogP contribution in [0.25, 0.3) is 0 Å². The molecule has 0 saturated carbocycles. The molecule has 0 aliphatic carbocycles. The van der Waals surface area contributed by atoms with Gasteiger partial charge in [-0.15, -0.1) is 0 Å². The van der Waals surface area contributed by atoms with Gasteiger partial charge in [0.25, 0.3) is 0 Å². The van der Waals surface area contributed by atoms with Gasteiger partial charge in [0, 0.05) is 0 Å². The summed E-state index contributed by atoms with van der Waals surface area (Å²) in [6, 6.07) is 0. The molecule has 148 valence electrons. The fraction of sp³-hybridized carbons (Fsp3) is 0.130. The number of hydrogen-bond acceptors (Lipinski definition) is 7. The number of fused-ring (bicyclic) bond motifs is 4. The summed E-state index contributed by atoms with van der Waals surface area (Å²) in [5.41, 5.74) is 19.3. The number of allylic oxidation sites excluding steroid dienone is 9. The summed E-state index contributed by atoms with van der Waals surface area (Å²) >= 11 is 0. The number of hydrogen-bond donors (Lipinski definition) is 2. The summed E-state index contributed by atoms with van der Waals surface area (Å²) in [4.78, 5) is 18.5. The van der Waals surface area contributed by atoms with Crippen molar-refractivity contribution < 1.29 is 4.74 Å². The lowest BCUT2D eigenvalue weighted by Gasteiger charge is -2.08. The molecule has 0 radical (unpaired) electrons. The van der Waals surface area contributed by atoms with Gasteiger partial charge < -0.3 is 16.2 Å². The molecule has 30 heavy (non-hydrogen) atoms. The predicted octanol–water partition coefficient (Wildman–Crippen LogP) is 2.91. The lowest BCUT2D eigenvalue weighted by atomic mass is 10.2. The molecular weight excluding hydrogens is 376 g/mol. The third kappa shape index (κ3) is 3.20. The summed E-state index contributed by atoms with van der Waals surface area (Å²) in [6.07, 6.45) is 18.0. The van der Waals surface area contributed by atoms with Gasteiger partial charge >= 0.3 is 0 Å². The van der Waals surface area contributed by atoms with Crippen LogP contribution in [0.1, 0.15) is 13.3 Å². The van der Waals surface area contributed by atoms with Crippen molar-refractivity contribution in [2.75, 3.05) is 6.61 Å². The largest absolute Gasteiger partial charge is 0.489 e. The van der Waals surface area contributed by atoms with E-state index in [1.54, 1.807) is 0 Å². The zero-order chi connectivity index (χ0) is 20.7. The highest BCUT2D eigenvalue weighted by atomic mass is 16.5. The molecule has 0 fully saturated rings. The fourth-order valence-electron chi connectivity index (χ4n) is 3.42. The molecule has 7 heteroatoms. The predicted molar refractivity (Wildman–Crippen MR) is 120 cm³/mol. The van der Waals surface area contributed by atoms with E-state index in [4.69, 9.17) is 16.2 Å². The van der Waals surface area contributed by atoms with Crippen molar-refractivity contribution in [1.82, 2.24) is 0 Å². The first-order chi connectivity index (χ1) is 14.6. The third-order valence-electron chi connectivity index (χ3n) is 4.85. The van der Waals surface area contributed by atoms with E-state index >= 15 is 0 Å². The van der Waals surface area contributed by atoms with Gasteiger partial charge in [-0.05, 0) is 61.1 Å². The summed E-state index contributed by atoms with van der Waals surface area (Å²) in [7, 11) is 0. The molecule has 0 aromatic rings. The van der Waals surface area contributed by atoms with E-state index in [1.807, 2.05) is 61.6 Å². The molecule has 0 aromatic heterocycles. The Labute approximate surface area is 174 Å².